The predicted molar refractivity (Wildman–Crippen MR) is 71.9 cm³/mol. The molecule has 1 rings (SSSR count). The Kier molecular flexibility index (Phi) is 6.58. The highest BCUT2D eigenvalue weighted by atomic mass is 16.5. The summed E-state index contributed by atoms with van der Waals surface area (Å²) in [6.07, 6.45) is 2.69. The third kappa shape index (κ3) is 5.50. The molecule has 0 aliphatic carbocycles. The summed E-state index contributed by atoms with van der Waals surface area (Å²) in [7, 11) is 0. The Labute approximate surface area is 108 Å². The normalized spacial score (nSPS) is 11.6. The first-order chi connectivity index (χ1) is 8.74. The highest BCUT2D eigenvalue weighted by Crippen LogP contribution is 2.01. The maximum atomic E-state index is 11.7. The first-order valence-electron chi connectivity index (χ1n) is 6.03. The standard InChI is InChI=1S/C14H20N2O2/c1-2-18-10-6-9-16-14(17)13(15)11-12-7-4-3-5-8-12/h2-5,7-8,13H,1,6,9-11,15H2,(H,16,17). The van der Waals surface area contributed by atoms with E-state index in [2.05, 4.69) is 11.9 Å². The number of nitrogens with one attached hydrogen (secondary N) is 1. The summed E-state index contributed by atoms with van der Waals surface area (Å²) in [6.45, 7) is 4.56. The first kappa shape index (κ1) is 14.3. The molecule has 1 aromatic carbocycles. The van der Waals surface area contributed by atoms with Gasteiger partial charge in [0, 0.05) is 6.54 Å². The SMILES string of the molecule is C=COCCCNC(=O)C(N)Cc1ccccc1. The monoisotopic (exact) mass is 248 g/mol. The number of rotatable bonds is 8. The van der Waals surface area contributed by atoms with Gasteiger partial charge in [0.25, 0.3) is 0 Å². The minimum atomic E-state index is -0.507. The topological polar surface area (TPSA) is 64.3 Å². The van der Waals surface area contributed by atoms with E-state index >= 15 is 0 Å². The molecule has 0 radical (unpaired) electrons. The third-order valence-electron chi connectivity index (χ3n) is 2.49. The molecular formula is C14H20N2O2. The molecule has 3 N–H and O–H groups in total. The molecular weight excluding hydrogens is 228 g/mol. The highest BCUT2D eigenvalue weighted by molar-refractivity contribution is 5.81. The van der Waals surface area contributed by atoms with Gasteiger partial charge in [0.1, 0.15) is 0 Å². The Morgan fingerprint density at radius 1 is 1.44 bits per heavy atom. The fraction of sp³-hybridized carbons (Fsp3) is 0.357. The molecule has 1 atom stereocenters. The van der Waals surface area contributed by atoms with E-state index in [0.29, 0.717) is 19.6 Å². The Morgan fingerprint density at radius 2 is 2.17 bits per heavy atom. The van der Waals surface area contributed by atoms with Gasteiger partial charge in [-0.1, -0.05) is 36.9 Å². The quantitative estimate of drug-likeness (QED) is 0.537. The average molecular weight is 248 g/mol. The highest BCUT2D eigenvalue weighted by Gasteiger charge is 2.12. The predicted octanol–water partition coefficient (Wildman–Crippen LogP) is 1.22. The summed E-state index contributed by atoms with van der Waals surface area (Å²) in [6, 6.07) is 9.23. The number of hydrogen-bond donors (Lipinski definition) is 2. The second kappa shape index (κ2) is 8.31. The van der Waals surface area contributed by atoms with Gasteiger partial charge in [-0.05, 0) is 18.4 Å². The molecule has 0 aliphatic heterocycles. The molecule has 0 bridgehead atoms. The molecule has 1 aromatic rings. The van der Waals surface area contributed by atoms with Crippen LogP contribution in [-0.4, -0.2) is 25.1 Å². The summed E-state index contributed by atoms with van der Waals surface area (Å²) in [4.78, 5) is 11.7. The summed E-state index contributed by atoms with van der Waals surface area (Å²) < 4.78 is 4.95. The molecule has 0 fully saturated rings. The molecule has 0 saturated heterocycles. The van der Waals surface area contributed by atoms with Gasteiger partial charge in [-0.3, -0.25) is 4.79 Å². The van der Waals surface area contributed by atoms with Crippen LogP contribution >= 0.6 is 0 Å². The molecule has 98 valence electrons. The van der Waals surface area contributed by atoms with Crippen LogP contribution < -0.4 is 11.1 Å². The van der Waals surface area contributed by atoms with E-state index in [1.165, 1.54) is 6.26 Å². The molecule has 0 spiro atoms. The van der Waals surface area contributed by atoms with Crippen molar-refractivity contribution in [1.82, 2.24) is 5.32 Å². The van der Waals surface area contributed by atoms with E-state index in [1.54, 1.807) is 0 Å². The van der Waals surface area contributed by atoms with Crippen LogP contribution in [0.3, 0.4) is 0 Å². The Balaban J connectivity index is 2.23. The van der Waals surface area contributed by atoms with Gasteiger partial charge in [0.05, 0.1) is 18.9 Å². The number of carbonyl (C=O) groups is 1. The van der Waals surface area contributed by atoms with Gasteiger partial charge in [0.15, 0.2) is 0 Å². The molecule has 1 unspecified atom stereocenters. The molecule has 1 amide bonds. The van der Waals surface area contributed by atoms with Crippen LogP contribution in [-0.2, 0) is 16.0 Å². The molecule has 0 aliphatic rings. The second-order valence-electron chi connectivity index (χ2n) is 3.98. The van der Waals surface area contributed by atoms with Crippen molar-refractivity contribution in [2.45, 2.75) is 18.9 Å². The van der Waals surface area contributed by atoms with Gasteiger partial charge in [-0.15, -0.1) is 0 Å². The van der Waals surface area contributed by atoms with Gasteiger partial charge in [0.2, 0.25) is 5.91 Å². The van der Waals surface area contributed by atoms with Crippen molar-refractivity contribution in [3.63, 3.8) is 0 Å². The largest absolute Gasteiger partial charge is 0.502 e. The number of ether oxygens (including phenoxy) is 1. The number of benzene rings is 1. The summed E-state index contributed by atoms with van der Waals surface area (Å²) in [5, 5.41) is 2.78. The Hall–Kier alpha value is -1.81. The Morgan fingerprint density at radius 3 is 2.83 bits per heavy atom. The maximum Gasteiger partial charge on any atom is 0.237 e. The minimum Gasteiger partial charge on any atom is -0.502 e. The lowest BCUT2D eigenvalue weighted by Crippen LogP contribution is -2.42. The van der Waals surface area contributed by atoms with Crippen molar-refractivity contribution in [2.75, 3.05) is 13.2 Å². The van der Waals surface area contributed by atoms with Crippen molar-refractivity contribution in [3.8, 4) is 0 Å². The van der Waals surface area contributed by atoms with Crippen LogP contribution in [0.25, 0.3) is 0 Å². The lowest BCUT2D eigenvalue weighted by atomic mass is 10.1. The van der Waals surface area contributed by atoms with Crippen LogP contribution in [0.2, 0.25) is 0 Å². The zero-order valence-electron chi connectivity index (χ0n) is 10.5. The summed E-state index contributed by atoms with van der Waals surface area (Å²) in [5.41, 5.74) is 6.90. The number of amides is 1. The van der Waals surface area contributed by atoms with Crippen molar-refractivity contribution >= 4 is 5.91 Å². The molecule has 0 aromatic heterocycles. The van der Waals surface area contributed by atoms with Crippen LogP contribution in [0, 0.1) is 0 Å². The molecule has 0 saturated carbocycles. The van der Waals surface area contributed by atoms with Crippen LogP contribution in [0.1, 0.15) is 12.0 Å². The fourth-order valence-corrected chi connectivity index (χ4v) is 1.54. The van der Waals surface area contributed by atoms with Crippen LogP contribution in [0.5, 0.6) is 0 Å². The number of nitrogens with two attached hydrogens (primary N) is 1. The van der Waals surface area contributed by atoms with Crippen molar-refractivity contribution in [2.24, 2.45) is 5.73 Å². The lowest BCUT2D eigenvalue weighted by Gasteiger charge is -2.12. The van der Waals surface area contributed by atoms with Crippen LogP contribution in [0.15, 0.2) is 43.2 Å². The molecule has 4 heteroatoms. The smallest absolute Gasteiger partial charge is 0.237 e. The summed E-state index contributed by atoms with van der Waals surface area (Å²) in [5.74, 6) is -0.127. The van der Waals surface area contributed by atoms with Gasteiger partial charge < -0.3 is 15.8 Å². The van der Waals surface area contributed by atoms with E-state index in [-0.39, 0.29) is 5.91 Å². The van der Waals surface area contributed by atoms with Crippen molar-refractivity contribution in [3.05, 3.63) is 48.7 Å². The van der Waals surface area contributed by atoms with Gasteiger partial charge in [-0.2, -0.15) is 0 Å². The van der Waals surface area contributed by atoms with Crippen molar-refractivity contribution in [1.29, 1.82) is 0 Å². The fourth-order valence-electron chi connectivity index (χ4n) is 1.54. The van der Waals surface area contributed by atoms with Gasteiger partial charge >= 0.3 is 0 Å². The van der Waals surface area contributed by atoms with Crippen LogP contribution in [0.4, 0.5) is 0 Å². The molecule has 4 nitrogen and oxygen atoms in total. The van der Waals surface area contributed by atoms with E-state index in [1.807, 2.05) is 30.3 Å². The molecule has 0 heterocycles. The Bertz CT molecular complexity index is 365. The number of carbonyl (C=O) groups excluding carboxylic acids is 1. The lowest BCUT2D eigenvalue weighted by molar-refractivity contribution is -0.122. The zero-order valence-corrected chi connectivity index (χ0v) is 10.5. The third-order valence-corrected chi connectivity index (χ3v) is 2.49. The van der Waals surface area contributed by atoms with Gasteiger partial charge in [-0.25, -0.2) is 0 Å². The van der Waals surface area contributed by atoms with Crippen molar-refractivity contribution < 1.29 is 9.53 Å². The minimum absolute atomic E-state index is 0.127. The zero-order chi connectivity index (χ0) is 13.2. The average Bonchev–Trinajstić information content (AvgIpc) is 2.39. The summed E-state index contributed by atoms with van der Waals surface area (Å²) >= 11 is 0. The van der Waals surface area contributed by atoms with E-state index < -0.39 is 6.04 Å². The maximum absolute atomic E-state index is 11.7. The molecule has 18 heavy (non-hydrogen) atoms. The van der Waals surface area contributed by atoms with E-state index in [0.717, 1.165) is 12.0 Å². The van der Waals surface area contributed by atoms with E-state index in [4.69, 9.17) is 10.5 Å². The van der Waals surface area contributed by atoms with E-state index in [9.17, 15) is 4.79 Å². The first-order valence-corrected chi connectivity index (χ1v) is 6.03. The second-order valence-corrected chi connectivity index (χ2v) is 3.98. The number of hydrogen-bond acceptors (Lipinski definition) is 3.